The van der Waals surface area contributed by atoms with Gasteiger partial charge in [0.2, 0.25) is 0 Å². The van der Waals surface area contributed by atoms with Gasteiger partial charge in [-0.2, -0.15) is 31.6 Å². The molecule has 71 heavy (non-hydrogen) atoms. The van der Waals surface area contributed by atoms with Crippen molar-refractivity contribution in [1.82, 2.24) is 13.7 Å². The van der Waals surface area contributed by atoms with Gasteiger partial charge in [0, 0.05) is 48.8 Å². The molecule has 0 fully saturated rings. The van der Waals surface area contributed by atoms with Gasteiger partial charge in [-0.25, -0.2) is 0 Å². The number of aromatic nitrogens is 3. The number of hydrogen-bond donors (Lipinski definition) is 0. The van der Waals surface area contributed by atoms with Crippen LogP contribution in [0, 0.1) is 11.3 Å². The third-order valence-electron chi connectivity index (χ3n) is 13.9. The second-order valence-electron chi connectivity index (χ2n) is 17.7. The van der Waals surface area contributed by atoms with Crippen molar-refractivity contribution in [3.05, 3.63) is 223 Å². The Bertz CT molecular complexity index is 4180. The third kappa shape index (κ3) is 6.25. The molecule has 0 spiro atoms. The fraction of sp³-hybridized carbons (Fsp3) is 0.0328. The van der Waals surface area contributed by atoms with Crippen LogP contribution in [0.25, 0.3) is 116 Å². The Morgan fingerprint density at radius 1 is 0.338 bits per heavy atom. The Hall–Kier alpha value is -9.07. The van der Waals surface area contributed by atoms with E-state index in [1.807, 2.05) is 118 Å². The van der Waals surface area contributed by atoms with Crippen molar-refractivity contribution in [2.75, 3.05) is 0 Å². The highest BCUT2D eigenvalue weighted by Crippen LogP contribution is 2.53. The SMILES string of the molecule is N#Cc1c(-n2c3ccccc3c3cc(C(F)(F)F)ccc32)c(-c2ccccc2)c(-n2c3ccccc3c3ccc4ccccc4c32)c(-c2ccccc2)c1-n1c2ccccc2c2cc(C(F)(F)F)ccc21. The molecule has 0 N–H and O–H groups in total. The van der Waals surface area contributed by atoms with Gasteiger partial charge < -0.3 is 13.7 Å². The molecule has 0 saturated carbocycles. The van der Waals surface area contributed by atoms with Crippen molar-refractivity contribution >= 4 is 76.2 Å². The summed E-state index contributed by atoms with van der Waals surface area (Å²) in [5.41, 5.74) is 6.14. The minimum Gasteiger partial charge on any atom is -0.307 e. The molecule has 0 atom stereocenters. The zero-order valence-corrected chi connectivity index (χ0v) is 37.2. The average Bonchev–Trinajstić information content (AvgIpc) is 4.03. The summed E-state index contributed by atoms with van der Waals surface area (Å²) in [6.45, 7) is 0. The maximum Gasteiger partial charge on any atom is 0.416 e. The van der Waals surface area contributed by atoms with E-state index in [9.17, 15) is 31.6 Å². The van der Waals surface area contributed by atoms with E-state index in [-0.39, 0.29) is 5.56 Å². The summed E-state index contributed by atoms with van der Waals surface area (Å²) < 4.78 is 94.1. The van der Waals surface area contributed by atoms with Crippen LogP contribution in [-0.2, 0) is 12.4 Å². The second kappa shape index (κ2) is 15.5. The Morgan fingerprint density at radius 2 is 0.732 bits per heavy atom. The number of alkyl halides is 6. The van der Waals surface area contributed by atoms with Crippen molar-refractivity contribution in [1.29, 1.82) is 5.26 Å². The Kier molecular flexibility index (Phi) is 9.17. The van der Waals surface area contributed by atoms with E-state index in [0.717, 1.165) is 56.8 Å². The molecule has 0 aliphatic carbocycles. The molecule has 10 aromatic carbocycles. The number of fused-ring (bicyclic) bond motifs is 11. The van der Waals surface area contributed by atoms with Gasteiger partial charge in [-0.3, -0.25) is 0 Å². The molecule has 0 aliphatic rings. The highest BCUT2D eigenvalue weighted by atomic mass is 19.4. The monoisotopic (exact) mass is 936 g/mol. The quantitative estimate of drug-likeness (QED) is 0.159. The van der Waals surface area contributed by atoms with Crippen molar-refractivity contribution in [2.45, 2.75) is 12.4 Å². The molecule has 0 bridgehead atoms. The van der Waals surface area contributed by atoms with Gasteiger partial charge in [-0.05, 0) is 71.1 Å². The van der Waals surface area contributed by atoms with Crippen LogP contribution in [0.5, 0.6) is 0 Å². The smallest absolute Gasteiger partial charge is 0.307 e. The number of para-hydroxylation sites is 3. The van der Waals surface area contributed by atoms with E-state index in [2.05, 4.69) is 47.0 Å². The summed E-state index contributed by atoms with van der Waals surface area (Å²) in [6, 6.07) is 64.3. The summed E-state index contributed by atoms with van der Waals surface area (Å²) in [7, 11) is 0. The second-order valence-corrected chi connectivity index (χ2v) is 17.7. The van der Waals surface area contributed by atoms with E-state index in [0.29, 0.717) is 82.9 Å². The van der Waals surface area contributed by atoms with Crippen molar-refractivity contribution in [3.8, 4) is 45.4 Å². The van der Waals surface area contributed by atoms with Gasteiger partial charge in [0.25, 0.3) is 0 Å². The molecule has 0 aliphatic heterocycles. The predicted molar refractivity (Wildman–Crippen MR) is 273 cm³/mol. The van der Waals surface area contributed by atoms with Gasteiger partial charge in [-0.15, -0.1) is 0 Å². The first-order valence-corrected chi connectivity index (χ1v) is 22.9. The Balaban J connectivity index is 1.37. The molecule has 0 unspecified atom stereocenters. The first kappa shape index (κ1) is 42.1. The van der Waals surface area contributed by atoms with Crippen LogP contribution in [0.1, 0.15) is 16.7 Å². The Labute approximate surface area is 400 Å². The van der Waals surface area contributed by atoms with Gasteiger partial charge in [0.1, 0.15) is 11.6 Å². The maximum absolute atomic E-state index is 14.7. The molecule has 0 radical (unpaired) electrons. The summed E-state index contributed by atoms with van der Waals surface area (Å²) in [6.07, 6.45) is -9.30. The van der Waals surface area contributed by atoms with Gasteiger partial charge in [0.05, 0.1) is 61.3 Å². The number of halogens is 6. The number of rotatable bonds is 5. The van der Waals surface area contributed by atoms with Crippen molar-refractivity contribution in [2.24, 2.45) is 0 Å². The number of nitrogens with zero attached hydrogens (tertiary/aromatic N) is 4. The summed E-state index contributed by atoms with van der Waals surface area (Å²) in [5, 5.41) is 17.8. The van der Waals surface area contributed by atoms with Crippen LogP contribution in [-0.4, -0.2) is 13.7 Å². The minimum absolute atomic E-state index is 0.141. The van der Waals surface area contributed by atoms with Crippen LogP contribution in [0.2, 0.25) is 0 Å². The van der Waals surface area contributed by atoms with E-state index < -0.39 is 23.5 Å². The van der Waals surface area contributed by atoms with Gasteiger partial charge in [-0.1, -0.05) is 152 Å². The predicted octanol–water partition coefficient (Wildman–Crippen LogP) is 17.4. The topological polar surface area (TPSA) is 38.6 Å². The lowest BCUT2D eigenvalue weighted by Gasteiger charge is -2.29. The van der Waals surface area contributed by atoms with E-state index in [1.165, 1.54) is 12.1 Å². The summed E-state index contributed by atoms with van der Waals surface area (Å²) in [5.74, 6) is 0. The first-order chi connectivity index (χ1) is 34.5. The molecular weight excluding hydrogens is 903 g/mol. The van der Waals surface area contributed by atoms with E-state index in [1.54, 1.807) is 24.3 Å². The minimum atomic E-state index is -4.65. The molecule has 340 valence electrons. The lowest BCUT2D eigenvalue weighted by Crippen LogP contribution is -2.13. The Morgan fingerprint density at radius 3 is 1.20 bits per heavy atom. The number of hydrogen-bond acceptors (Lipinski definition) is 1. The highest BCUT2D eigenvalue weighted by Gasteiger charge is 2.36. The van der Waals surface area contributed by atoms with Crippen LogP contribution in [0.15, 0.2) is 206 Å². The molecule has 0 amide bonds. The normalized spacial score (nSPS) is 12.4. The molecule has 13 rings (SSSR count). The highest BCUT2D eigenvalue weighted by molar-refractivity contribution is 6.21. The zero-order chi connectivity index (χ0) is 48.3. The molecule has 0 saturated heterocycles. The first-order valence-electron chi connectivity index (χ1n) is 22.9. The van der Waals surface area contributed by atoms with Crippen molar-refractivity contribution in [3.63, 3.8) is 0 Å². The largest absolute Gasteiger partial charge is 0.416 e. The van der Waals surface area contributed by atoms with E-state index in [4.69, 9.17) is 0 Å². The van der Waals surface area contributed by atoms with Crippen molar-refractivity contribution < 1.29 is 26.3 Å². The molecule has 3 aromatic heterocycles. The fourth-order valence-electron chi connectivity index (χ4n) is 11.0. The van der Waals surface area contributed by atoms with Crippen LogP contribution >= 0.6 is 0 Å². The van der Waals surface area contributed by atoms with Gasteiger partial charge >= 0.3 is 12.4 Å². The third-order valence-corrected chi connectivity index (χ3v) is 13.9. The lowest BCUT2D eigenvalue weighted by molar-refractivity contribution is -0.138. The molecular formula is C61H34F6N4. The number of benzene rings is 10. The van der Waals surface area contributed by atoms with Crippen LogP contribution in [0.4, 0.5) is 26.3 Å². The molecule has 4 nitrogen and oxygen atoms in total. The summed E-state index contributed by atoms with van der Waals surface area (Å²) >= 11 is 0. The summed E-state index contributed by atoms with van der Waals surface area (Å²) in [4.78, 5) is 0. The van der Waals surface area contributed by atoms with Crippen LogP contribution in [0.3, 0.4) is 0 Å². The molecule has 3 heterocycles. The average molecular weight is 937 g/mol. The standard InChI is InChI=1S/C61H34F6N4/c62-60(63,64)39-28-31-52-46(33-39)43-22-10-12-24-49(43)69(52)57-48(35-68)58(70-50-25-13-11-23-44(50)47-34-40(61(65,66)67)29-32-53(47)70)55(38-18-5-2-6-19-38)59(54(57)37-16-3-1-4-17-37)71-51-26-14-9-21-42(51)45-30-27-36-15-7-8-20-41(36)56(45)71/h1-34H. The molecule has 10 heteroatoms. The number of nitriles is 1. The fourth-order valence-corrected chi connectivity index (χ4v) is 11.0. The lowest BCUT2D eigenvalue weighted by atomic mass is 9.88. The van der Waals surface area contributed by atoms with E-state index >= 15 is 0 Å². The van der Waals surface area contributed by atoms with Crippen LogP contribution < -0.4 is 0 Å². The zero-order valence-electron chi connectivity index (χ0n) is 37.2. The molecule has 13 aromatic rings. The van der Waals surface area contributed by atoms with Gasteiger partial charge in [0.15, 0.2) is 0 Å². The maximum atomic E-state index is 14.7.